The zero-order chi connectivity index (χ0) is 16.0. The summed E-state index contributed by atoms with van der Waals surface area (Å²) in [6, 6.07) is 13.8. The van der Waals surface area contributed by atoms with Gasteiger partial charge in [0.15, 0.2) is 0 Å². The molecule has 2 aromatic rings. The second-order valence-corrected chi connectivity index (χ2v) is 7.29. The highest BCUT2D eigenvalue weighted by Gasteiger charge is 2.39. The summed E-state index contributed by atoms with van der Waals surface area (Å²) in [6.07, 6.45) is 4.69. The van der Waals surface area contributed by atoms with E-state index in [0.717, 1.165) is 6.42 Å². The van der Waals surface area contributed by atoms with E-state index in [9.17, 15) is 0 Å². The molecular weight excluding hydrogens is 278 g/mol. The maximum absolute atomic E-state index is 4.37. The first-order chi connectivity index (χ1) is 11.1. The Labute approximate surface area is 139 Å². The van der Waals surface area contributed by atoms with Crippen LogP contribution in [0.3, 0.4) is 0 Å². The van der Waals surface area contributed by atoms with Gasteiger partial charge in [-0.05, 0) is 66.0 Å². The van der Waals surface area contributed by atoms with Crippen molar-refractivity contribution in [3.05, 3.63) is 76.4 Å². The van der Waals surface area contributed by atoms with Crippen LogP contribution in [-0.4, -0.2) is 12.1 Å². The molecule has 0 radical (unpaired) electrons. The molecule has 1 unspecified atom stereocenters. The number of hydrogen-bond acceptors (Lipinski definition) is 1. The first-order valence-corrected chi connectivity index (χ1v) is 8.76. The number of aryl methyl sites for hydroxylation is 2. The van der Waals surface area contributed by atoms with Crippen LogP contribution in [0, 0.1) is 6.92 Å². The lowest BCUT2D eigenvalue weighted by molar-refractivity contribution is 0.554. The molecule has 0 spiro atoms. The predicted octanol–water partition coefficient (Wildman–Crippen LogP) is 4.65. The third-order valence-electron chi connectivity index (χ3n) is 5.71. The number of rotatable bonds is 4. The molecule has 1 N–H and O–H groups in total. The van der Waals surface area contributed by atoms with Crippen molar-refractivity contribution in [2.45, 2.75) is 45.1 Å². The fourth-order valence-electron chi connectivity index (χ4n) is 3.83. The third kappa shape index (κ3) is 2.64. The van der Waals surface area contributed by atoms with Crippen molar-refractivity contribution >= 4 is 5.57 Å². The van der Waals surface area contributed by atoms with Crippen LogP contribution < -0.4 is 5.32 Å². The summed E-state index contributed by atoms with van der Waals surface area (Å²) >= 11 is 0. The third-order valence-corrected chi connectivity index (χ3v) is 5.71. The van der Waals surface area contributed by atoms with Gasteiger partial charge in [0.05, 0.1) is 0 Å². The van der Waals surface area contributed by atoms with Crippen LogP contribution in [0.25, 0.3) is 5.57 Å². The van der Waals surface area contributed by atoms with Gasteiger partial charge in [-0.25, -0.2) is 0 Å². The molecule has 0 bridgehead atoms. The Balaban J connectivity index is 1.60. The van der Waals surface area contributed by atoms with E-state index in [1.807, 2.05) is 0 Å². The van der Waals surface area contributed by atoms with Crippen LogP contribution in [0.4, 0.5) is 0 Å². The van der Waals surface area contributed by atoms with Crippen molar-refractivity contribution in [3.63, 3.8) is 0 Å². The van der Waals surface area contributed by atoms with E-state index in [-0.39, 0.29) is 0 Å². The van der Waals surface area contributed by atoms with Gasteiger partial charge in [0.25, 0.3) is 0 Å². The molecule has 1 heteroatoms. The average molecular weight is 303 g/mol. The molecule has 0 amide bonds. The van der Waals surface area contributed by atoms with Crippen molar-refractivity contribution in [1.82, 2.24) is 5.32 Å². The van der Waals surface area contributed by atoms with E-state index in [0.29, 0.717) is 5.54 Å². The van der Waals surface area contributed by atoms with E-state index >= 15 is 0 Å². The Hall–Kier alpha value is -1.86. The molecule has 1 atom stereocenters. The van der Waals surface area contributed by atoms with Crippen LogP contribution in [-0.2, 0) is 12.8 Å². The molecule has 1 nitrogen and oxygen atoms in total. The van der Waals surface area contributed by atoms with Gasteiger partial charge in [0.1, 0.15) is 0 Å². The molecule has 2 aromatic carbocycles. The molecule has 0 aromatic heterocycles. The van der Waals surface area contributed by atoms with Gasteiger partial charge >= 0.3 is 0 Å². The normalized spacial score (nSPS) is 21.7. The van der Waals surface area contributed by atoms with Crippen LogP contribution >= 0.6 is 0 Å². The van der Waals surface area contributed by atoms with Gasteiger partial charge in [0.2, 0.25) is 0 Å². The van der Waals surface area contributed by atoms with Gasteiger partial charge in [-0.3, -0.25) is 0 Å². The highest BCUT2D eigenvalue weighted by Crippen LogP contribution is 2.36. The van der Waals surface area contributed by atoms with Crippen molar-refractivity contribution in [1.29, 1.82) is 0 Å². The molecule has 118 valence electrons. The first kappa shape index (κ1) is 14.7. The van der Waals surface area contributed by atoms with E-state index in [1.165, 1.54) is 64.8 Å². The maximum Gasteiger partial charge on any atom is 0.0307 e. The zero-order valence-electron chi connectivity index (χ0n) is 14.2. The lowest BCUT2D eigenvalue weighted by atomic mass is 9.81. The predicted molar refractivity (Wildman–Crippen MR) is 97.9 cm³/mol. The van der Waals surface area contributed by atoms with Gasteiger partial charge < -0.3 is 5.32 Å². The minimum atomic E-state index is 0.434. The number of nitrogens with one attached hydrogen (secondary N) is 1. The highest BCUT2D eigenvalue weighted by atomic mass is 15.2. The summed E-state index contributed by atoms with van der Waals surface area (Å²) < 4.78 is 0. The zero-order valence-corrected chi connectivity index (χ0v) is 14.2. The summed E-state index contributed by atoms with van der Waals surface area (Å²) in [5, 5.41) is 3.54. The second-order valence-electron chi connectivity index (χ2n) is 7.29. The van der Waals surface area contributed by atoms with Gasteiger partial charge in [-0.2, -0.15) is 0 Å². The minimum Gasteiger partial charge on any atom is -0.308 e. The lowest BCUT2D eigenvalue weighted by Crippen LogP contribution is -2.15. The van der Waals surface area contributed by atoms with Crippen LogP contribution in [0.1, 0.15) is 53.1 Å². The molecule has 1 fully saturated rings. The summed E-state index contributed by atoms with van der Waals surface area (Å²) in [5.74, 6) is 0. The van der Waals surface area contributed by atoms with Crippen LogP contribution in [0.2, 0.25) is 0 Å². The fraction of sp³-hybridized carbons (Fsp3) is 0.364. The smallest absolute Gasteiger partial charge is 0.0307 e. The number of benzene rings is 2. The Kier molecular flexibility index (Phi) is 3.42. The average Bonchev–Trinajstić information content (AvgIpc) is 3.34. The van der Waals surface area contributed by atoms with Crippen molar-refractivity contribution in [2.24, 2.45) is 0 Å². The van der Waals surface area contributed by atoms with Crippen molar-refractivity contribution < 1.29 is 0 Å². The molecule has 0 saturated carbocycles. The molecule has 1 aliphatic carbocycles. The Morgan fingerprint density at radius 1 is 1.09 bits per heavy atom. The molecule has 4 rings (SSSR count). The van der Waals surface area contributed by atoms with Gasteiger partial charge in [-0.1, -0.05) is 55.5 Å². The fourth-order valence-corrected chi connectivity index (χ4v) is 3.83. The van der Waals surface area contributed by atoms with Gasteiger partial charge in [0, 0.05) is 12.1 Å². The van der Waals surface area contributed by atoms with Crippen LogP contribution in [0.5, 0.6) is 0 Å². The molecule has 1 heterocycles. The largest absolute Gasteiger partial charge is 0.308 e. The van der Waals surface area contributed by atoms with Crippen molar-refractivity contribution in [2.75, 3.05) is 6.54 Å². The Morgan fingerprint density at radius 2 is 1.91 bits per heavy atom. The van der Waals surface area contributed by atoms with Gasteiger partial charge in [-0.15, -0.1) is 0 Å². The quantitative estimate of drug-likeness (QED) is 0.696. The topological polar surface area (TPSA) is 21.9 Å². The van der Waals surface area contributed by atoms with E-state index in [4.69, 9.17) is 0 Å². The second kappa shape index (κ2) is 5.35. The summed E-state index contributed by atoms with van der Waals surface area (Å²) in [7, 11) is 0. The van der Waals surface area contributed by atoms with E-state index < -0.39 is 0 Å². The SMILES string of the molecule is C=C1c2ccc(CCC3(CC)CN3)cc2Cc2ccc(C)cc21. The minimum absolute atomic E-state index is 0.434. The molecule has 23 heavy (non-hydrogen) atoms. The first-order valence-electron chi connectivity index (χ1n) is 8.76. The summed E-state index contributed by atoms with van der Waals surface area (Å²) in [6.45, 7) is 10.0. The van der Waals surface area contributed by atoms with Crippen LogP contribution in [0.15, 0.2) is 43.0 Å². The monoisotopic (exact) mass is 303 g/mol. The summed E-state index contributed by atoms with van der Waals surface area (Å²) in [4.78, 5) is 0. The summed E-state index contributed by atoms with van der Waals surface area (Å²) in [5.41, 5.74) is 9.92. The van der Waals surface area contributed by atoms with E-state index in [2.05, 4.69) is 62.1 Å². The molecule has 1 aliphatic heterocycles. The number of fused-ring (bicyclic) bond motifs is 2. The molecule has 2 aliphatic rings. The molecular formula is C22H25N. The van der Waals surface area contributed by atoms with E-state index in [1.54, 1.807) is 0 Å². The Bertz CT molecular complexity index is 781. The highest BCUT2D eigenvalue weighted by molar-refractivity contribution is 5.84. The maximum atomic E-state index is 4.37. The molecule has 1 saturated heterocycles. The lowest BCUT2D eigenvalue weighted by Gasteiger charge is -2.23. The Morgan fingerprint density at radius 3 is 2.65 bits per heavy atom. The number of hydrogen-bond donors (Lipinski definition) is 1. The van der Waals surface area contributed by atoms with Crippen molar-refractivity contribution in [3.8, 4) is 0 Å². The standard InChI is InChI=1S/C22H25N/c1-4-22(14-23-22)10-9-17-6-8-20-16(3)21-11-15(2)5-7-18(21)13-19(20)12-17/h5-8,11-12,23H,3-4,9-10,13-14H2,1-2H3.